The highest BCUT2D eigenvalue weighted by Crippen LogP contribution is 2.34. The molecule has 0 spiro atoms. The molecular formula is C20H30N2O3S. The van der Waals surface area contributed by atoms with Crippen LogP contribution >= 0.6 is 11.8 Å². The van der Waals surface area contributed by atoms with Gasteiger partial charge in [-0.25, -0.2) is 4.79 Å². The van der Waals surface area contributed by atoms with E-state index in [1.165, 1.54) is 37.0 Å². The quantitative estimate of drug-likeness (QED) is 0.766. The molecule has 0 unspecified atom stereocenters. The Labute approximate surface area is 160 Å². The van der Waals surface area contributed by atoms with E-state index in [1.807, 2.05) is 24.8 Å². The van der Waals surface area contributed by atoms with Gasteiger partial charge in [-0.1, -0.05) is 19.3 Å². The van der Waals surface area contributed by atoms with E-state index in [0.717, 1.165) is 11.3 Å². The van der Waals surface area contributed by atoms with Crippen molar-refractivity contribution in [3.8, 4) is 0 Å². The zero-order chi connectivity index (χ0) is 19.2. The molecule has 0 radical (unpaired) electrons. The summed E-state index contributed by atoms with van der Waals surface area (Å²) >= 11 is 1.94. The van der Waals surface area contributed by atoms with Gasteiger partial charge < -0.3 is 15.4 Å². The molecule has 0 atom stereocenters. The Morgan fingerprint density at radius 2 is 1.88 bits per heavy atom. The van der Waals surface area contributed by atoms with Crippen molar-refractivity contribution in [2.75, 3.05) is 11.9 Å². The van der Waals surface area contributed by atoms with Crippen molar-refractivity contribution >= 4 is 29.4 Å². The van der Waals surface area contributed by atoms with Gasteiger partial charge in [-0.3, -0.25) is 4.79 Å². The lowest BCUT2D eigenvalue weighted by Crippen LogP contribution is -2.37. The molecule has 0 aliphatic heterocycles. The molecule has 0 heterocycles. The van der Waals surface area contributed by atoms with Crippen LogP contribution in [0, 0.1) is 6.92 Å². The number of amides is 2. The van der Waals surface area contributed by atoms with Crippen molar-refractivity contribution < 1.29 is 14.3 Å². The second-order valence-electron chi connectivity index (χ2n) is 7.76. The second-order valence-corrected chi connectivity index (χ2v) is 9.13. The van der Waals surface area contributed by atoms with E-state index >= 15 is 0 Å². The van der Waals surface area contributed by atoms with E-state index in [9.17, 15) is 9.59 Å². The lowest BCUT2D eigenvalue weighted by atomic mass is 10.0. The van der Waals surface area contributed by atoms with Crippen LogP contribution in [0.5, 0.6) is 0 Å². The third-order valence-corrected chi connectivity index (χ3v) is 5.45. The molecule has 1 saturated carbocycles. The Kier molecular flexibility index (Phi) is 7.38. The summed E-state index contributed by atoms with van der Waals surface area (Å²) in [7, 11) is 0. The summed E-state index contributed by atoms with van der Waals surface area (Å²) < 4.78 is 5.12. The highest BCUT2D eigenvalue weighted by molar-refractivity contribution is 8.00. The number of alkyl carbamates (subject to hydrolysis) is 1. The number of carbonyl (C=O) groups excluding carboxylic acids is 2. The molecule has 1 aliphatic rings. The van der Waals surface area contributed by atoms with Gasteiger partial charge in [0.2, 0.25) is 5.91 Å². The first-order chi connectivity index (χ1) is 12.2. The van der Waals surface area contributed by atoms with Crippen LogP contribution in [-0.2, 0) is 9.53 Å². The number of rotatable bonds is 5. The van der Waals surface area contributed by atoms with Gasteiger partial charge >= 0.3 is 6.09 Å². The summed E-state index contributed by atoms with van der Waals surface area (Å²) in [6, 6.07) is 6.12. The number of aryl methyl sites for hydroxylation is 1. The van der Waals surface area contributed by atoms with Crippen molar-refractivity contribution in [2.24, 2.45) is 0 Å². The van der Waals surface area contributed by atoms with Gasteiger partial charge in [0.15, 0.2) is 0 Å². The Morgan fingerprint density at radius 1 is 1.19 bits per heavy atom. The first-order valence-corrected chi connectivity index (χ1v) is 10.1. The number of hydrogen-bond acceptors (Lipinski definition) is 4. The number of hydrogen-bond donors (Lipinski definition) is 2. The van der Waals surface area contributed by atoms with Gasteiger partial charge in [-0.05, 0) is 64.3 Å². The van der Waals surface area contributed by atoms with Gasteiger partial charge in [0.05, 0.1) is 0 Å². The van der Waals surface area contributed by atoms with Crippen molar-refractivity contribution in [3.05, 3.63) is 23.8 Å². The van der Waals surface area contributed by atoms with Gasteiger partial charge in [-0.15, -0.1) is 11.8 Å². The molecule has 2 amide bonds. The van der Waals surface area contributed by atoms with Crippen LogP contribution < -0.4 is 10.6 Å². The normalized spacial score (nSPS) is 15.4. The smallest absolute Gasteiger partial charge is 0.408 e. The SMILES string of the molecule is Cc1cc(SC2CCCCC2)ccc1NC(=O)CNC(=O)OC(C)(C)C. The molecule has 0 bridgehead atoms. The summed E-state index contributed by atoms with van der Waals surface area (Å²) in [4.78, 5) is 24.9. The first-order valence-electron chi connectivity index (χ1n) is 9.27. The van der Waals surface area contributed by atoms with Crippen molar-refractivity contribution in [1.29, 1.82) is 0 Å². The van der Waals surface area contributed by atoms with E-state index in [0.29, 0.717) is 5.25 Å². The van der Waals surface area contributed by atoms with Crippen LogP contribution in [0.15, 0.2) is 23.1 Å². The zero-order valence-corrected chi connectivity index (χ0v) is 17.0. The van der Waals surface area contributed by atoms with E-state index in [4.69, 9.17) is 4.74 Å². The Bertz CT molecular complexity index is 634. The van der Waals surface area contributed by atoms with Gasteiger partial charge in [-0.2, -0.15) is 0 Å². The maximum atomic E-state index is 12.0. The highest BCUT2D eigenvalue weighted by Gasteiger charge is 2.17. The van der Waals surface area contributed by atoms with Crippen LogP contribution in [-0.4, -0.2) is 29.4 Å². The van der Waals surface area contributed by atoms with Crippen LogP contribution in [0.25, 0.3) is 0 Å². The molecule has 6 heteroatoms. The molecule has 26 heavy (non-hydrogen) atoms. The molecule has 0 saturated heterocycles. The molecule has 2 rings (SSSR count). The van der Waals surface area contributed by atoms with Crippen LogP contribution in [0.2, 0.25) is 0 Å². The Hall–Kier alpha value is -1.69. The number of anilines is 1. The zero-order valence-electron chi connectivity index (χ0n) is 16.2. The van der Waals surface area contributed by atoms with E-state index < -0.39 is 11.7 Å². The molecule has 2 N–H and O–H groups in total. The average Bonchev–Trinajstić information content (AvgIpc) is 2.55. The molecule has 5 nitrogen and oxygen atoms in total. The van der Waals surface area contributed by atoms with Gasteiger partial charge in [0.25, 0.3) is 0 Å². The molecule has 1 aliphatic carbocycles. The molecule has 144 valence electrons. The fourth-order valence-corrected chi connectivity index (χ4v) is 4.23. The monoisotopic (exact) mass is 378 g/mol. The fraction of sp³-hybridized carbons (Fsp3) is 0.600. The molecular weight excluding hydrogens is 348 g/mol. The van der Waals surface area contributed by atoms with Crippen LogP contribution in [0.1, 0.15) is 58.4 Å². The lowest BCUT2D eigenvalue weighted by molar-refractivity contribution is -0.115. The molecule has 0 aromatic heterocycles. The highest BCUT2D eigenvalue weighted by atomic mass is 32.2. The third kappa shape index (κ3) is 7.28. The predicted octanol–water partition coefficient (Wildman–Crippen LogP) is 4.88. The topological polar surface area (TPSA) is 67.4 Å². The minimum absolute atomic E-state index is 0.118. The van der Waals surface area contributed by atoms with E-state index in [2.05, 4.69) is 22.8 Å². The summed E-state index contributed by atoms with van der Waals surface area (Å²) in [5.41, 5.74) is 1.22. The third-order valence-electron chi connectivity index (χ3n) is 4.12. The Balaban J connectivity index is 1.83. The largest absolute Gasteiger partial charge is 0.444 e. The maximum absolute atomic E-state index is 12.0. The number of thioether (sulfide) groups is 1. The molecule has 1 aromatic rings. The number of carbonyl (C=O) groups is 2. The first kappa shape index (κ1) is 20.6. The second kappa shape index (κ2) is 9.31. The number of nitrogens with one attached hydrogen (secondary N) is 2. The number of benzene rings is 1. The summed E-state index contributed by atoms with van der Waals surface area (Å²) in [6.07, 6.45) is 6.00. The standard InChI is InChI=1S/C20H30N2O3S/c1-14-12-16(26-15-8-6-5-7-9-15)10-11-17(14)22-18(23)13-21-19(24)25-20(2,3)4/h10-12,15H,5-9,13H2,1-4H3,(H,21,24)(H,22,23). The Morgan fingerprint density at radius 3 is 2.50 bits per heavy atom. The average molecular weight is 379 g/mol. The predicted molar refractivity (Wildman–Crippen MR) is 107 cm³/mol. The minimum atomic E-state index is -0.594. The van der Waals surface area contributed by atoms with Crippen LogP contribution in [0.4, 0.5) is 10.5 Å². The van der Waals surface area contributed by atoms with Crippen molar-refractivity contribution in [2.45, 2.75) is 75.5 Å². The summed E-state index contributed by atoms with van der Waals surface area (Å²) in [5.74, 6) is -0.272. The summed E-state index contributed by atoms with van der Waals surface area (Å²) in [5, 5.41) is 6.02. The van der Waals surface area contributed by atoms with Crippen LogP contribution in [0.3, 0.4) is 0 Å². The minimum Gasteiger partial charge on any atom is -0.444 e. The van der Waals surface area contributed by atoms with Crippen molar-refractivity contribution in [1.82, 2.24) is 5.32 Å². The molecule has 1 aromatic carbocycles. The molecule has 1 fully saturated rings. The van der Waals surface area contributed by atoms with E-state index in [-0.39, 0.29) is 12.5 Å². The van der Waals surface area contributed by atoms with E-state index in [1.54, 1.807) is 20.8 Å². The maximum Gasteiger partial charge on any atom is 0.408 e. The summed E-state index contributed by atoms with van der Waals surface area (Å²) in [6.45, 7) is 7.21. The number of ether oxygens (including phenoxy) is 1. The van der Waals surface area contributed by atoms with Gasteiger partial charge in [0, 0.05) is 15.8 Å². The van der Waals surface area contributed by atoms with Crippen molar-refractivity contribution in [3.63, 3.8) is 0 Å². The lowest BCUT2D eigenvalue weighted by Gasteiger charge is -2.21. The fourth-order valence-electron chi connectivity index (χ4n) is 2.89. The van der Waals surface area contributed by atoms with Gasteiger partial charge in [0.1, 0.15) is 12.1 Å².